The number of ether oxygens (including phenoxy) is 1. The van der Waals surface area contributed by atoms with Crippen molar-refractivity contribution in [1.29, 1.82) is 0 Å². The van der Waals surface area contributed by atoms with Gasteiger partial charge in [-0.05, 0) is 55.6 Å². The highest BCUT2D eigenvalue weighted by molar-refractivity contribution is 5.95. The number of carbonyl (C=O) groups is 3. The number of hydrogen-bond donors (Lipinski definition) is 3. The zero-order valence-corrected chi connectivity index (χ0v) is 16.2. The van der Waals surface area contributed by atoms with E-state index in [1.54, 1.807) is 38.4 Å². The normalized spacial score (nSPS) is 10.3. The maximum absolute atomic E-state index is 12.8. The average molecular weight is 402 g/mol. The summed E-state index contributed by atoms with van der Waals surface area (Å²) < 4.78 is 17.9. The number of hydrogen-bond acceptors (Lipinski definition) is 5. The Labute approximate surface area is 168 Å². The molecule has 0 saturated heterocycles. The molecule has 154 valence electrons. The summed E-state index contributed by atoms with van der Waals surface area (Å²) in [4.78, 5) is 37.3. The van der Waals surface area contributed by atoms with E-state index in [1.165, 1.54) is 29.2 Å². The van der Waals surface area contributed by atoms with Gasteiger partial charge < -0.3 is 20.7 Å². The molecule has 3 amide bonds. The third-order valence-corrected chi connectivity index (χ3v) is 3.77. The highest BCUT2D eigenvalue weighted by Gasteiger charge is 2.12. The lowest BCUT2D eigenvalue weighted by atomic mass is 10.3. The van der Waals surface area contributed by atoms with E-state index in [2.05, 4.69) is 16.0 Å². The molecule has 2 aromatic carbocycles. The molecule has 3 N–H and O–H groups in total. The predicted octanol–water partition coefficient (Wildman–Crippen LogP) is 1.46. The fourth-order valence-corrected chi connectivity index (χ4v) is 2.39. The summed E-state index contributed by atoms with van der Waals surface area (Å²) in [6.07, 6.45) is 0. The van der Waals surface area contributed by atoms with Crippen LogP contribution >= 0.6 is 0 Å². The maximum Gasteiger partial charge on any atom is 0.243 e. The number of nitrogens with one attached hydrogen (secondary N) is 3. The van der Waals surface area contributed by atoms with Gasteiger partial charge in [0.05, 0.1) is 26.7 Å². The number of nitrogens with zero attached hydrogens (tertiary/aromatic N) is 1. The van der Waals surface area contributed by atoms with E-state index in [0.717, 1.165) is 0 Å². The molecule has 9 heteroatoms. The van der Waals surface area contributed by atoms with Crippen molar-refractivity contribution in [2.75, 3.05) is 44.4 Å². The molecule has 2 rings (SSSR count). The Morgan fingerprint density at radius 1 is 0.862 bits per heavy atom. The van der Waals surface area contributed by atoms with Crippen LogP contribution in [0.5, 0.6) is 5.75 Å². The second-order valence-corrected chi connectivity index (χ2v) is 6.28. The van der Waals surface area contributed by atoms with Crippen LogP contribution < -0.4 is 20.7 Å². The van der Waals surface area contributed by atoms with Crippen molar-refractivity contribution in [2.24, 2.45) is 0 Å². The van der Waals surface area contributed by atoms with Gasteiger partial charge in [-0.15, -0.1) is 0 Å². The van der Waals surface area contributed by atoms with E-state index in [9.17, 15) is 18.8 Å². The smallest absolute Gasteiger partial charge is 0.243 e. The number of halogens is 1. The molecule has 0 radical (unpaired) electrons. The molecule has 0 heterocycles. The van der Waals surface area contributed by atoms with Crippen LogP contribution in [0, 0.1) is 5.82 Å². The molecule has 0 aliphatic carbocycles. The van der Waals surface area contributed by atoms with Crippen molar-refractivity contribution < 1.29 is 23.5 Å². The van der Waals surface area contributed by atoms with Gasteiger partial charge in [0, 0.05) is 11.4 Å². The van der Waals surface area contributed by atoms with Crippen LogP contribution in [0.15, 0.2) is 48.5 Å². The molecule has 0 atom stereocenters. The summed E-state index contributed by atoms with van der Waals surface area (Å²) >= 11 is 0. The monoisotopic (exact) mass is 402 g/mol. The summed E-state index contributed by atoms with van der Waals surface area (Å²) in [7, 11) is 3.17. The Balaban J connectivity index is 1.68. The van der Waals surface area contributed by atoms with Gasteiger partial charge in [0.1, 0.15) is 11.6 Å². The molecule has 0 aliphatic rings. The van der Waals surface area contributed by atoms with Gasteiger partial charge in [0.25, 0.3) is 0 Å². The summed E-state index contributed by atoms with van der Waals surface area (Å²) in [6.45, 7) is -0.289. The van der Waals surface area contributed by atoms with Crippen LogP contribution in [0.25, 0.3) is 0 Å². The van der Waals surface area contributed by atoms with Crippen molar-refractivity contribution >= 4 is 29.1 Å². The number of amides is 3. The molecule has 2 aromatic rings. The quantitative estimate of drug-likeness (QED) is 0.590. The fraction of sp³-hybridized carbons (Fsp3) is 0.250. The SMILES string of the molecule is COc1ccc(NC(=O)CN(C)CC(=O)NCC(=O)Nc2ccc(F)cc2)cc1. The lowest BCUT2D eigenvalue weighted by Crippen LogP contribution is -2.41. The van der Waals surface area contributed by atoms with Crippen molar-refractivity contribution in [3.63, 3.8) is 0 Å². The van der Waals surface area contributed by atoms with Gasteiger partial charge in [0.2, 0.25) is 17.7 Å². The Morgan fingerprint density at radius 3 is 1.97 bits per heavy atom. The first-order chi connectivity index (χ1) is 13.9. The third kappa shape index (κ3) is 7.97. The van der Waals surface area contributed by atoms with Gasteiger partial charge in [-0.3, -0.25) is 19.3 Å². The summed E-state index contributed by atoms with van der Waals surface area (Å²) in [5, 5.41) is 7.73. The number of anilines is 2. The third-order valence-electron chi connectivity index (χ3n) is 3.77. The second-order valence-electron chi connectivity index (χ2n) is 6.28. The van der Waals surface area contributed by atoms with Crippen molar-refractivity contribution in [1.82, 2.24) is 10.2 Å². The summed E-state index contributed by atoms with van der Waals surface area (Å²) in [6, 6.07) is 12.2. The second kappa shape index (κ2) is 10.8. The Kier molecular flexibility index (Phi) is 8.11. The molecule has 8 nitrogen and oxygen atoms in total. The lowest BCUT2D eigenvalue weighted by molar-refractivity contribution is -0.125. The fourth-order valence-electron chi connectivity index (χ4n) is 2.39. The van der Waals surface area contributed by atoms with E-state index in [0.29, 0.717) is 17.1 Å². The van der Waals surface area contributed by atoms with Crippen LogP contribution in [0.2, 0.25) is 0 Å². The molecule has 0 spiro atoms. The predicted molar refractivity (Wildman–Crippen MR) is 107 cm³/mol. The minimum absolute atomic E-state index is 0.00122. The van der Waals surface area contributed by atoms with E-state index < -0.39 is 17.6 Å². The maximum atomic E-state index is 12.8. The van der Waals surface area contributed by atoms with Gasteiger partial charge in [0.15, 0.2) is 0 Å². The zero-order chi connectivity index (χ0) is 21.2. The minimum atomic E-state index is -0.440. The molecule has 29 heavy (non-hydrogen) atoms. The molecule has 0 aromatic heterocycles. The van der Waals surface area contributed by atoms with E-state index in [-0.39, 0.29) is 25.5 Å². The number of rotatable bonds is 9. The summed E-state index contributed by atoms with van der Waals surface area (Å²) in [5.41, 5.74) is 1.05. The largest absolute Gasteiger partial charge is 0.497 e. The molecule has 0 bridgehead atoms. The number of benzene rings is 2. The van der Waals surface area contributed by atoms with E-state index >= 15 is 0 Å². The number of carbonyl (C=O) groups excluding carboxylic acids is 3. The van der Waals surface area contributed by atoms with Crippen LogP contribution in [0.3, 0.4) is 0 Å². The molecule has 0 unspecified atom stereocenters. The Hall–Kier alpha value is -3.46. The zero-order valence-electron chi connectivity index (χ0n) is 16.2. The van der Waals surface area contributed by atoms with Crippen LogP contribution in [-0.4, -0.2) is 56.4 Å². The van der Waals surface area contributed by atoms with Crippen molar-refractivity contribution in [3.8, 4) is 5.75 Å². The first kappa shape index (κ1) is 21.8. The van der Waals surface area contributed by atoms with Gasteiger partial charge >= 0.3 is 0 Å². The molecule has 0 fully saturated rings. The standard InChI is InChI=1S/C20H23FN4O4/c1-25(13-20(28)24-16-7-9-17(29-2)10-8-16)12-19(27)22-11-18(26)23-15-5-3-14(21)4-6-15/h3-10H,11-13H2,1-2H3,(H,22,27)(H,23,26)(H,24,28). The Bertz CT molecular complexity index is 841. The average Bonchev–Trinajstić information content (AvgIpc) is 2.68. The Morgan fingerprint density at radius 2 is 1.38 bits per heavy atom. The van der Waals surface area contributed by atoms with Crippen molar-refractivity contribution in [2.45, 2.75) is 0 Å². The number of likely N-dealkylation sites (N-methyl/N-ethyl adjacent to an activating group) is 1. The molecular weight excluding hydrogens is 379 g/mol. The first-order valence-electron chi connectivity index (χ1n) is 8.80. The van der Waals surface area contributed by atoms with Crippen LogP contribution in [0.1, 0.15) is 0 Å². The van der Waals surface area contributed by atoms with Crippen LogP contribution in [0.4, 0.5) is 15.8 Å². The highest BCUT2D eigenvalue weighted by atomic mass is 19.1. The van der Waals surface area contributed by atoms with Crippen LogP contribution in [-0.2, 0) is 14.4 Å². The van der Waals surface area contributed by atoms with E-state index in [1.807, 2.05) is 0 Å². The topological polar surface area (TPSA) is 99.8 Å². The van der Waals surface area contributed by atoms with Gasteiger partial charge in [-0.2, -0.15) is 0 Å². The minimum Gasteiger partial charge on any atom is -0.497 e. The van der Waals surface area contributed by atoms with Gasteiger partial charge in [-0.25, -0.2) is 4.39 Å². The number of methoxy groups -OCH3 is 1. The molecular formula is C20H23FN4O4. The van der Waals surface area contributed by atoms with Crippen molar-refractivity contribution in [3.05, 3.63) is 54.3 Å². The molecule has 0 aliphatic heterocycles. The molecule has 0 saturated carbocycles. The summed E-state index contributed by atoms with van der Waals surface area (Å²) in [5.74, 6) is -0.848. The first-order valence-corrected chi connectivity index (χ1v) is 8.80. The van der Waals surface area contributed by atoms with Gasteiger partial charge in [-0.1, -0.05) is 0 Å². The lowest BCUT2D eigenvalue weighted by Gasteiger charge is -2.16. The van der Waals surface area contributed by atoms with E-state index in [4.69, 9.17) is 4.74 Å². The highest BCUT2D eigenvalue weighted by Crippen LogP contribution is 2.14.